The monoisotopic (exact) mass is 361 g/mol. The van der Waals surface area contributed by atoms with Gasteiger partial charge in [-0.15, -0.1) is 5.10 Å². The zero-order valence-corrected chi connectivity index (χ0v) is 14.9. The molecule has 1 fully saturated rings. The minimum Gasteiger partial charge on any atom is -0.384 e. The van der Waals surface area contributed by atoms with Crippen molar-refractivity contribution in [3.8, 4) is 11.1 Å². The number of nitrogens with zero attached hydrogens (tertiary/aromatic N) is 6. The first-order valence-electron chi connectivity index (χ1n) is 8.97. The van der Waals surface area contributed by atoms with E-state index in [0.29, 0.717) is 23.6 Å². The lowest BCUT2D eigenvalue weighted by molar-refractivity contribution is 0.104. The lowest BCUT2D eigenvalue weighted by Gasteiger charge is -2.35. The Morgan fingerprint density at radius 1 is 1.15 bits per heavy atom. The Hall–Kier alpha value is -3.13. The smallest absolute Gasteiger partial charge is 0.241 e. The summed E-state index contributed by atoms with van der Waals surface area (Å²) in [6.07, 6.45) is 11.1. The maximum atomic E-state index is 5.20. The molecular weight excluding hydrogens is 342 g/mol. The van der Waals surface area contributed by atoms with Crippen molar-refractivity contribution in [2.24, 2.45) is 5.92 Å². The number of anilines is 1. The molecule has 4 heterocycles. The molecule has 0 radical (unpaired) electrons. The predicted molar refractivity (Wildman–Crippen MR) is 101 cm³/mol. The summed E-state index contributed by atoms with van der Waals surface area (Å²) in [6, 6.07) is 4.42. The van der Waals surface area contributed by atoms with Crippen LogP contribution in [0.3, 0.4) is 0 Å². The molecule has 4 aromatic rings. The van der Waals surface area contributed by atoms with E-state index < -0.39 is 0 Å². The van der Waals surface area contributed by atoms with Crippen LogP contribution in [-0.4, -0.2) is 49.3 Å². The summed E-state index contributed by atoms with van der Waals surface area (Å²) in [5.41, 5.74) is 4.32. The number of nitrogens with one attached hydrogen (secondary N) is 1. The molecule has 1 saturated carbocycles. The second-order valence-electron chi connectivity index (χ2n) is 6.90. The van der Waals surface area contributed by atoms with Gasteiger partial charge in [-0.3, -0.25) is 4.98 Å². The molecule has 27 heavy (non-hydrogen) atoms. The maximum absolute atomic E-state index is 5.20. The van der Waals surface area contributed by atoms with Gasteiger partial charge in [0.25, 0.3) is 0 Å². The van der Waals surface area contributed by atoms with E-state index in [1.54, 1.807) is 19.5 Å². The van der Waals surface area contributed by atoms with Gasteiger partial charge in [0.2, 0.25) is 5.95 Å². The third-order valence-electron chi connectivity index (χ3n) is 5.02. The van der Waals surface area contributed by atoms with Crippen molar-refractivity contribution in [2.45, 2.75) is 18.9 Å². The van der Waals surface area contributed by atoms with Crippen molar-refractivity contribution in [1.29, 1.82) is 0 Å². The highest BCUT2D eigenvalue weighted by Gasteiger charge is 2.29. The SMILES string of the molecule is COC[C@H]1C[C@H](Nc2ncc3c(-c4cnc5nccnc5c4)ccn3n2)C1. The van der Waals surface area contributed by atoms with Crippen LogP contribution in [0.5, 0.6) is 0 Å². The van der Waals surface area contributed by atoms with Gasteiger partial charge in [-0.25, -0.2) is 19.5 Å². The maximum Gasteiger partial charge on any atom is 0.241 e. The van der Waals surface area contributed by atoms with E-state index in [-0.39, 0.29) is 0 Å². The highest BCUT2D eigenvalue weighted by atomic mass is 16.5. The Kier molecular flexibility index (Phi) is 3.90. The zero-order valence-electron chi connectivity index (χ0n) is 14.9. The number of hydrogen-bond donors (Lipinski definition) is 1. The van der Waals surface area contributed by atoms with Gasteiger partial charge in [-0.1, -0.05) is 0 Å². The summed E-state index contributed by atoms with van der Waals surface area (Å²) < 4.78 is 7.04. The predicted octanol–water partition coefficient (Wildman–Crippen LogP) is 2.57. The molecule has 1 aliphatic carbocycles. The summed E-state index contributed by atoms with van der Waals surface area (Å²) in [5.74, 6) is 1.28. The lowest BCUT2D eigenvalue weighted by atomic mass is 9.81. The van der Waals surface area contributed by atoms with E-state index >= 15 is 0 Å². The molecule has 0 amide bonds. The molecule has 8 nitrogen and oxygen atoms in total. The van der Waals surface area contributed by atoms with Gasteiger partial charge in [0, 0.05) is 55.7 Å². The summed E-state index contributed by atoms with van der Waals surface area (Å²) in [4.78, 5) is 17.4. The average molecular weight is 361 g/mol. The first kappa shape index (κ1) is 16.1. The second kappa shape index (κ2) is 6.55. The number of ether oxygens (including phenoxy) is 1. The molecule has 0 aromatic carbocycles. The standard InChI is InChI=1S/C19H19N7O/c1-27-11-12-6-14(7-12)24-19-23-10-17-15(2-5-26(17)25-19)13-8-16-18(22-9-13)21-4-3-20-16/h2-5,8-10,12,14H,6-7,11H2,1H3,(H,24,25)/t12-,14-. The summed E-state index contributed by atoms with van der Waals surface area (Å²) >= 11 is 0. The van der Waals surface area contributed by atoms with Crippen LogP contribution in [0.1, 0.15) is 12.8 Å². The van der Waals surface area contributed by atoms with E-state index in [9.17, 15) is 0 Å². The number of aromatic nitrogens is 6. The molecule has 0 unspecified atom stereocenters. The normalized spacial score (nSPS) is 19.3. The molecule has 1 aliphatic rings. The van der Waals surface area contributed by atoms with Gasteiger partial charge in [-0.2, -0.15) is 0 Å². The number of pyridine rings is 1. The summed E-state index contributed by atoms with van der Waals surface area (Å²) in [6.45, 7) is 0.823. The number of hydrogen-bond acceptors (Lipinski definition) is 7. The van der Waals surface area contributed by atoms with Gasteiger partial charge >= 0.3 is 0 Å². The van der Waals surface area contributed by atoms with E-state index in [2.05, 4.69) is 30.4 Å². The average Bonchev–Trinajstić information content (AvgIpc) is 3.09. The third-order valence-corrected chi connectivity index (χ3v) is 5.02. The third kappa shape index (κ3) is 2.97. The first-order chi connectivity index (χ1) is 13.3. The molecule has 8 heteroatoms. The number of rotatable bonds is 5. The Bertz CT molecular complexity index is 1100. The largest absolute Gasteiger partial charge is 0.384 e. The van der Waals surface area contributed by atoms with Gasteiger partial charge in [0.1, 0.15) is 5.52 Å². The summed E-state index contributed by atoms with van der Waals surface area (Å²) in [5, 5.41) is 7.99. The number of methoxy groups -OCH3 is 1. The lowest BCUT2D eigenvalue weighted by Crippen LogP contribution is -2.38. The van der Waals surface area contributed by atoms with Gasteiger partial charge in [-0.05, 0) is 30.9 Å². The van der Waals surface area contributed by atoms with Crippen molar-refractivity contribution in [3.05, 3.63) is 43.1 Å². The van der Waals surface area contributed by atoms with Crippen LogP contribution >= 0.6 is 0 Å². The van der Waals surface area contributed by atoms with Crippen molar-refractivity contribution in [3.63, 3.8) is 0 Å². The fraction of sp³-hybridized carbons (Fsp3) is 0.316. The first-order valence-corrected chi connectivity index (χ1v) is 8.97. The fourth-order valence-corrected chi connectivity index (χ4v) is 3.62. The minimum absolute atomic E-state index is 0.417. The van der Waals surface area contributed by atoms with E-state index in [1.165, 1.54) is 0 Å². The zero-order chi connectivity index (χ0) is 18.2. The number of fused-ring (bicyclic) bond motifs is 2. The second-order valence-corrected chi connectivity index (χ2v) is 6.90. The van der Waals surface area contributed by atoms with Crippen molar-refractivity contribution >= 4 is 22.6 Å². The van der Waals surface area contributed by atoms with Crippen molar-refractivity contribution in [2.75, 3.05) is 19.0 Å². The van der Waals surface area contributed by atoms with E-state index in [0.717, 1.165) is 41.6 Å². The van der Waals surface area contributed by atoms with Crippen LogP contribution in [0, 0.1) is 5.92 Å². The van der Waals surface area contributed by atoms with Crippen LogP contribution in [0.15, 0.2) is 43.1 Å². The highest BCUT2D eigenvalue weighted by Crippen LogP contribution is 2.30. The molecule has 4 aromatic heterocycles. The molecular formula is C19H19N7O. The fourth-order valence-electron chi connectivity index (χ4n) is 3.62. The van der Waals surface area contributed by atoms with Gasteiger partial charge in [0.15, 0.2) is 5.65 Å². The molecule has 5 rings (SSSR count). The van der Waals surface area contributed by atoms with Gasteiger partial charge in [0.05, 0.1) is 11.7 Å². The van der Waals surface area contributed by atoms with Crippen LogP contribution in [0.4, 0.5) is 5.95 Å². The Labute approximate surface area is 155 Å². The highest BCUT2D eigenvalue weighted by molar-refractivity contribution is 5.84. The molecule has 0 bridgehead atoms. The minimum atomic E-state index is 0.417. The van der Waals surface area contributed by atoms with Crippen molar-refractivity contribution in [1.82, 2.24) is 29.5 Å². The van der Waals surface area contributed by atoms with Crippen LogP contribution in [0.25, 0.3) is 27.8 Å². The quantitative estimate of drug-likeness (QED) is 0.584. The molecule has 0 spiro atoms. The molecule has 0 atom stereocenters. The van der Waals surface area contributed by atoms with Crippen molar-refractivity contribution < 1.29 is 4.74 Å². The van der Waals surface area contributed by atoms with Crippen LogP contribution in [-0.2, 0) is 4.74 Å². The topological polar surface area (TPSA) is 90.1 Å². The molecule has 136 valence electrons. The Morgan fingerprint density at radius 2 is 2.04 bits per heavy atom. The summed E-state index contributed by atoms with van der Waals surface area (Å²) in [7, 11) is 1.75. The van der Waals surface area contributed by atoms with Crippen LogP contribution < -0.4 is 5.32 Å². The molecule has 1 N–H and O–H groups in total. The van der Waals surface area contributed by atoms with E-state index in [4.69, 9.17) is 4.74 Å². The van der Waals surface area contributed by atoms with E-state index in [1.807, 2.05) is 35.2 Å². The Morgan fingerprint density at radius 3 is 2.93 bits per heavy atom. The van der Waals surface area contributed by atoms with Gasteiger partial charge < -0.3 is 10.1 Å². The molecule has 0 saturated heterocycles. The molecule has 0 aliphatic heterocycles. The van der Waals surface area contributed by atoms with Crippen LogP contribution in [0.2, 0.25) is 0 Å². The Balaban J connectivity index is 1.40.